The van der Waals surface area contributed by atoms with E-state index >= 15 is 0 Å². The Kier molecular flexibility index (Phi) is 2.75. The van der Waals surface area contributed by atoms with Crippen molar-refractivity contribution in [3.8, 4) is 5.75 Å². The number of phenols is 1. The quantitative estimate of drug-likeness (QED) is 0.851. The van der Waals surface area contributed by atoms with E-state index in [1.165, 1.54) is 0 Å². The van der Waals surface area contributed by atoms with Crippen LogP contribution in [0.25, 0.3) is 10.9 Å². The summed E-state index contributed by atoms with van der Waals surface area (Å²) in [5.74, 6) is -0.788. The standard InChI is InChI=1S/C12H14N2O3/c1-7(2)14-11(6-12(16)17)9-5-8(15)3-4-10(9)13-14/h3-5,7,15H,6H2,1-2H3,(H,16,17). The molecule has 1 aromatic carbocycles. The molecule has 0 saturated heterocycles. The number of benzene rings is 1. The van der Waals surface area contributed by atoms with Gasteiger partial charge in [0, 0.05) is 11.4 Å². The molecule has 1 heterocycles. The summed E-state index contributed by atoms with van der Waals surface area (Å²) in [7, 11) is 0. The smallest absolute Gasteiger partial charge is 0.309 e. The third-order valence-corrected chi connectivity index (χ3v) is 2.59. The highest BCUT2D eigenvalue weighted by molar-refractivity contribution is 5.86. The van der Waals surface area contributed by atoms with Gasteiger partial charge in [0.2, 0.25) is 0 Å². The second-order valence-corrected chi connectivity index (χ2v) is 4.26. The van der Waals surface area contributed by atoms with Crippen molar-refractivity contribution in [2.24, 2.45) is 0 Å². The van der Waals surface area contributed by atoms with E-state index in [9.17, 15) is 9.90 Å². The van der Waals surface area contributed by atoms with Crippen LogP contribution in [-0.4, -0.2) is 26.0 Å². The number of aromatic hydroxyl groups is 1. The molecule has 0 saturated carbocycles. The van der Waals surface area contributed by atoms with Crippen molar-refractivity contribution in [1.29, 1.82) is 0 Å². The van der Waals surface area contributed by atoms with Crippen molar-refractivity contribution in [2.75, 3.05) is 0 Å². The first-order chi connectivity index (χ1) is 7.99. The second kappa shape index (κ2) is 4.08. The van der Waals surface area contributed by atoms with Gasteiger partial charge >= 0.3 is 5.97 Å². The van der Waals surface area contributed by atoms with Crippen LogP contribution < -0.4 is 0 Å². The van der Waals surface area contributed by atoms with Gasteiger partial charge in [-0.3, -0.25) is 9.48 Å². The highest BCUT2D eigenvalue weighted by Crippen LogP contribution is 2.25. The number of aliphatic carboxylic acids is 1. The summed E-state index contributed by atoms with van der Waals surface area (Å²) < 4.78 is 1.69. The monoisotopic (exact) mass is 234 g/mol. The maximum absolute atomic E-state index is 10.9. The topological polar surface area (TPSA) is 75.3 Å². The molecule has 0 unspecified atom stereocenters. The lowest BCUT2D eigenvalue weighted by Crippen LogP contribution is -2.11. The van der Waals surface area contributed by atoms with Gasteiger partial charge in [-0.15, -0.1) is 0 Å². The highest BCUT2D eigenvalue weighted by Gasteiger charge is 2.16. The predicted molar refractivity (Wildman–Crippen MR) is 63.1 cm³/mol. The molecular weight excluding hydrogens is 220 g/mol. The van der Waals surface area contributed by atoms with Crippen LogP contribution in [0.15, 0.2) is 18.2 Å². The van der Waals surface area contributed by atoms with Crippen LogP contribution in [0.1, 0.15) is 25.6 Å². The average molecular weight is 234 g/mol. The molecule has 5 nitrogen and oxygen atoms in total. The van der Waals surface area contributed by atoms with Gasteiger partial charge in [-0.2, -0.15) is 5.10 Å². The van der Waals surface area contributed by atoms with Crippen LogP contribution in [0.4, 0.5) is 0 Å². The van der Waals surface area contributed by atoms with Crippen LogP contribution in [-0.2, 0) is 11.2 Å². The summed E-state index contributed by atoms with van der Waals surface area (Å²) in [5, 5.41) is 23.4. The van der Waals surface area contributed by atoms with E-state index in [2.05, 4.69) is 5.10 Å². The molecule has 0 bridgehead atoms. The molecule has 2 rings (SSSR count). The van der Waals surface area contributed by atoms with E-state index in [1.807, 2.05) is 13.8 Å². The van der Waals surface area contributed by atoms with E-state index in [0.29, 0.717) is 16.6 Å². The van der Waals surface area contributed by atoms with E-state index < -0.39 is 5.97 Å². The van der Waals surface area contributed by atoms with Crippen LogP contribution in [0.5, 0.6) is 5.75 Å². The van der Waals surface area contributed by atoms with Crippen molar-refractivity contribution < 1.29 is 15.0 Å². The SMILES string of the molecule is CC(C)n1nc2ccc(O)cc2c1CC(=O)O. The summed E-state index contributed by atoms with van der Waals surface area (Å²) >= 11 is 0. The molecular formula is C12H14N2O3. The van der Waals surface area contributed by atoms with Crippen molar-refractivity contribution >= 4 is 16.9 Å². The summed E-state index contributed by atoms with van der Waals surface area (Å²) in [4.78, 5) is 10.9. The third kappa shape index (κ3) is 2.08. The Bertz CT molecular complexity index is 572. The molecule has 90 valence electrons. The number of aromatic nitrogens is 2. The number of carboxylic acid groups (broad SMARTS) is 1. The van der Waals surface area contributed by atoms with E-state index in [0.717, 1.165) is 0 Å². The number of carboxylic acids is 1. The molecule has 2 N–H and O–H groups in total. The summed E-state index contributed by atoms with van der Waals surface area (Å²) in [6, 6.07) is 4.87. The van der Waals surface area contributed by atoms with E-state index in [1.54, 1.807) is 22.9 Å². The van der Waals surface area contributed by atoms with Gasteiger partial charge in [0.15, 0.2) is 0 Å². The maximum Gasteiger partial charge on any atom is 0.309 e. The van der Waals surface area contributed by atoms with Gasteiger partial charge in [-0.05, 0) is 32.0 Å². The Morgan fingerprint density at radius 1 is 1.47 bits per heavy atom. The lowest BCUT2D eigenvalue weighted by Gasteiger charge is -2.09. The normalized spacial score (nSPS) is 11.2. The molecule has 0 spiro atoms. The van der Waals surface area contributed by atoms with Gasteiger partial charge in [-0.25, -0.2) is 0 Å². The number of nitrogens with zero attached hydrogens (tertiary/aromatic N) is 2. The number of phenolic OH excluding ortho intramolecular Hbond substituents is 1. The molecule has 0 aliphatic rings. The van der Waals surface area contributed by atoms with Crippen LogP contribution in [0, 0.1) is 0 Å². The second-order valence-electron chi connectivity index (χ2n) is 4.26. The molecule has 0 aliphatic carbocycles. The minimum Gasteiger partial charge on any atom is -0.508 e. The number of hydrogen-bond acceptors (Lipinski definition) is 3. The number of carbonyl (C=O) groups is 1. The summed E-state index contributed by atoms with van der Waals surface area (Å²) in [5.41, 5.74) is 1.33. The first-order valence-corrected chi connectivity index (χ1v) is 5.41. The zero-order valence-corrected chi connectivity index (χ0v) is 9.71. The Morgan fingerprint density at radius 2 is 2.18 bits per heavy atom. The van der Waals surface area contributed by atoms with Gasteiger partial charge in [-0.1, -0.05) is 0 Å². The van der Waals surface area contributed by atoms with E-state index in [-0.39, 0.29) is 18.2 Å². The number of fused-ring (bicyclic) bond motifs is 1. The minimum absolute atomic E-state index is 0.0823. The molecule has 0 radical (unpaired) electrons. The van der Waals surface area contributed by atoms with Crippen molar-refractivity contribution in [2.45, 2.75) is 26.3 Å². The number of rotatable bonds is 3. The van der Waals surface area contributed by atoms with Gasteiger partial charge < -0.3 is 10.2 Å². The van der Waals surface area contributed by atoms with Crippen LogP contribution in [0.3, 0.4) is 0 Å². The van der Waals surface area contributed by atoms with Gasteiger partial charge in [0.25, 0.3) is 0 Å². The fourth-order valence-electron chi connectivity index (χ4n) is 1.89. The maximum atomic E-state index is 10.9. The molecule has 0 atom stereocenters. The molecule has 1 aromatic heterocycles. The molecule has 5 heteroatoms. The summed E-state index contributed by atoms with van der Waals surface area (Å²) in [6.45, 7) is 3.88. The average Bonchev–Trinajstić information content (AvgIpc) is 2.56. The van der Waals surface area contributed by atoms with Crippen LogP contribution in [0.2, 0.25) is 0 Å². The lowest BCUT2D eigenvalue weighted by molar-refractivity contribution is -0.136. The number of hydrogen-bond donors (Lipinski definition) is 2. The first-order valence-electron chi connectivity index (χ1n) is 5.41. The molecule has 0 fully saturated rings. The Labute approximate surface area is 98.3 Å². The summed E-state index contributed by atoms with van der Waals surface area (Å²) in [6.07, 6.45) is -0.0991. The Morgan fingerprint density at radius 3 is 2.76 bits per heavy atom. The Balaban J connectivity index is 2.68. The highest BCUT2D eigenvalue weighted by atomic mass is 16.4. The zero-order valence-electron chi connectivity index (χ0n) is 9.71. The Hall–Kier alpha value is -2.04. The fourth-order valence-corrected chi connectivity index (χ4v) is 1.89. The van der Waals surface area contributed by atoms with Crippen LogP contribution >= 0.6 is 0 Å². The van der Waals surface area contributed by atoms with Gasteiger partial charge in [0.05, 0.1) is 17.6 Å². The predicted octanol–water partition coefficient (Wildman–Crippen LogP) is 1.95. The zero-order chi connectivity index (χ0) is 12.6. The van der Waals surface area contributed by atoms with Gasteiger partial charge in [0.1, 0.15) is 5.75 Å². The lowest BCUT2D eigenvalue weighted by atomic mass is 10.1. The fraction of sp³-hybridized carbons (Fsp3) is 0.333. The third-order valence-electron chi connectivity index (χ3n) is 2.59. The molecule has 0 amide bonds. The van der Waals surface area contributed by atoms with Crippen molar-refractivity contribution in [3.05, 3.63) is 23.9 Å². The van der Waals surface area contributed by atoms with E-state index in [4.69, 9.17) is 5.11 Å². The molecule has 2 aromatic rings. The largest absolute Gasteiger partial charge is 0.508 e. The van der Waals surface area contributed by atoms with Crippen molar-refractivity contribution in [3.63, 3.8) is 0 Å². The van der Waals surface area contributed by atoms with Crippen molar-refractivity contribution in [1.82, 2.24) is 9.78 Å². The first kappa shape index (κ1) is 11.4. The molecule has 0 aliphatic heterocycles. The molecule has 17 heavy (non-hydrogen) atoms. The minimum atomic E-state index is -0.906.